The van der Waals surface area contributed by atoms with Crippen LogP contribution in [0, 0.1) is 0 Å². The number of ether oxygens (including phenoxy) is 1. The molecule has 1 amide bonds. The second-order valence-electron chi connectivity index (χ2n) is 8.01. The van der Waals surface area contributed by atoms with E-state index < -0.39 is 11.9 Å². The van der Waals surface area contributed by atoms with Crippen molar-refractivity contribution >= 4 is 11.7 Å². The second-order valence-corrected chi connectivity index (χ2v) is 8.01. The number of methoxy groups -OCH3 is 1. The Morgan fingerprint density at radius 1 is 1.09 bits per heavy atom. The number of imidazole rings is 1. The van der Waals surface area contributed by atoms with Crippen LogP contribution in [0.15, 0.2) is 55.0 Å². The highest BCUT2D eigenvalue weighted by atomic mass is 19.4. The number of hydrogen-bond donors (Lipinski definition) is 0. The van der Waals surface area contributed by atoms with Crippen molar-refractivity contribution in [2.45, 2.75) is 19.1 Å². The van der Waals surface area contributed by atoms with Crippen LogP contribution in [0.5, 0.6) is 5.88 Å². The maximum Gasteiger partial charge on any atom is 0.434 e. The number of carbonyl (C=O) groups excluding carboxylic acids is 1. The van der Waals surface area contributed by atoms with Crippen LogP contribution in [0.3, 0.4) is 0 Å². The molecule has 1 aliphatic heterocycles. The van der Waals surface area contributed by atoms with E-state index in [1.807, 2.05) is 0 Å². The molecule has 4 heterocycles. The number of hydrogen-bond acceptors (Lipinski definition) is 6. The van der Waals surface area contributed by atoms with Gasteiger partial charge in [0, 0.05) is 36.8 Å². The fraction of sp³-hybridized carbons (Fsp3) is 0.208. The van der Waals surface area contributed by atoms with E-state index in [1.54, 1.807) is 53.7 Å². The predicted octanol–water partition coefficient (Wildman–Crippen LogP) is 4.06. The standard InChI is InChI=1S/C24H19F3N6O2/c1-32-13-18(24(25,26)27)30-21(32)15-7-5-14(6-8-15)12-33-19(34)10-16-11-29-20(31-22(16)33)17-4-3-9-28-23(17)35-2/h3-9,11,13H,10,12H2,1-2H3. The molecule has 0 atom stereocenters. The lowest BCUT2D eigenvalue weighted by Crippen LogP contribution is -2.26. The fourth-order valence-electron chi connectivity index (χ4n) is 3.96. The molecular formula is C24H19F3N6O2. The molecule has 0 unspecified atom stereocenters. The maximum atomic E-state index is 13.0. The summed E-state index contributed by atoms with van der Waals surface area (Å²) in [4.78, 5) is 31.2. The molecule has 0 spiro atoms. The molecule has 1 aliphatic rings. The van der Waals surface area contributed by atoms with Gasteiger partial charge in [-0.3, -0.25) is 9.69 Å². The van der Waals surface area contributed by atoms with Crippen molar-refractivity contribution in [3.05, 3.63) is 71.8 Å². The molecule has 0 aliphatic carbocycles. The van der Waals surface area contributed by atoms with Crippen LogP contribution >= 0.6 is 0 Å². The van der Waals surface area contributed by atoms with Crippen molar-refractivity contribution in [3.63, 3.8) is 0 Å². The monoisotopic (exact) mass is 480 g/mol. The molecular weight excluding hydrogens is 461 g/mol. The third kappa shape index (κ3) is 4.20. The van der Waals surface area contributed by atoms with E-state index in [0.717, 1.165) is 11.8 Å². The minimum atomic E-state index is -4.51. The van der Waals surface area contributed by atoms with Gasteiger partial charge in [-0.1, -0.05) is 24.3 Å². The van der Waals surface area contributed by atoms with E-state index in [1.165, 1.54) is 18.7 Å². The first-order valence-electron chi connectivity index (χ1n) is 10.6. The molecule has 5 rings (SSSR count). The van der Waals surface area contributed by atoms with Crippen molar-refractivity contribution in [1.29, 1.82) is 0 Å². The number of aryl methyl sites for hydroxylation is 1. The summed E-state index contributed by atoms with van der Waals surface area (Å²) in [7, 11) is 3.02. The smallest absolute Gasteiger partial charge is 0.434 e. The lowest BCUT2D eigenvalue weighted by Gasteiger charge is -2.17. The normalized spacial score (nSPS) is 13.3. The molecule has 4 aromatic rings. The number of rotatable bonds is 5. The molecule has 0 fully saturated rings. The van der Waals surface area contributed by atoms with E-state index in [2.05, 4.69) is 19.9 Å². The van der Waals surface area contributed by atoms with Crippen LogP contribution in [0.2, 0.25) is 0 Å². The third-order valence-electron chi connectivity index (χ3n) is 5.67. The Balaban J connectivity index is 1.41. The summed E-state index contributed by atoms with van der Waals surface area (Å²) < 4.78 is 45.6. The Morgan fingerprint density at radius 3 is 2.54 bits per heavy atom. The largest absolute Gasteiger partial charge is 0.480 e. The number of fused-ring (bicyclic) bond motifs is 1. The molecule has 1 aromatic carbocycles. The summed E-state index contributed by atoms with van der Waals surface area (Å²) >= 11 is 0. The molecule has 178 valence electrons. The van der Waals surface area contributed by atoms with Gasteiger partial charge in [0.2, 0.25) is 11.8 Å². The van der Waals surface area contributed by atoms with Gasteiger partial charge >= 0.3 is 6.18 Å². The zero-order valence-electron chi connectivity index (χ0n) is 18.7. The Labute approximate surface area is 198 Å². The number of pyridine rings is 1. The molecule has 0 saturated carbocycles. The first-order valence-corrected chi connectivity index (χ1v) is 10.6. The molecule has 0 bridgehead atoms. The minimum Gasteiger partial charge on any atom is -0.480 e. The minimum absolute atomic E-state index is 0.118. The first-order chi connectivity index (χ1) is 16.7. The number of nitrogens with zero attached hydrogens (tertiary/aromatic N) is 6. The molecule has 35 heavy (non-hydrogen) atoms. The predicted molar refractivity (Wildman–Crippen MR) is 120 cm³/mol. The number of aromatic nitrogens is 5. The van der Waals surface area contributed by atoms with Crippen molar-refractivity contribution in [2.24, 2.45) is 7.05 Å². The van der Waals surface area contributed by atoms with Crippen LogP contribution in [-0.2, 0) is 31.0 Å². The van der Waals surface area contributed by atoms with E-state index in [4.69, 9.17) is 4.74 Å². The molecule has 3 aromatic heterocycles. The SMILES string of the molecule is COc1ncccc1-c1ncc2c(n1)N(Cc1ccc(-c3nc(C(F)(F)F)cn3C)cc1)C(=O)C2. The number of halogens is 3. The molecule has 0 N–H and O–H groups in total. The molecule has 8 nitrogen and oxygen atoms in total. The summed E-state index contributed by atoms with van der Waals surface area (Å²) in [6.07, 6.45) is -0.141. The summed E-state index contributed by atoms with van der Waals surface area (Å²) in [6, 6.07) is 10.4. The lowest BCUT2D eigenvalue weighted by atomic mass is 10.1. The Kier molecular flexibility index (Phi) is 5.46. The third-order valence-corrected chi connectivity index (χ3v) is 5.67. The Morgan fingerprint density at radius 2 is 1.86 bits per heavy atom. The number of carbonyl (C=O) groups is 1. The molecule has 0 saturated heterocycles. The quantitative estimate of drug-likeness (QED) is 0.428. The van der Waals surface area contributed by atoms with Gasteiger partial charge in [-0.25, -0.2) is 19.9 Å². The number of amides is 1. The highest BCUT2D eigenvalue weighted by molar-refractivity contribution is 6.00. The van der Waals surface area contributed by atoms with Gasteiger partial charge in [0.15, 0.2) is 11.5 Å². The van der Waals surface area contributed by atoms with Gasteiger partial charge in [-0.2, -0.15) is 13.2 Å². The average molecular weight is 480 g/mol. The van der Waals surface area contributed by atoms with Gasteiger partial charge in [0.25, 0.3) is 0 Å². The summed E-state index contributed by atoms with van der Waals surface area (Å²) in [5.41, 5.74) is 1.70. The van der Waals surface area contributed by atoms with Gasteiger partial charge in [-0.15, -0.1) is 0 Å². The summed E-state index contributed by atoms with van der Waals surface area (Å²) in [5.74, 6) is 1.36. The summed E-state index contributed by atoms with van der Waals surface area (Å²) in [5, 5.41) is 0. The second kappa shape index (κ2) is 8.49. The molecule has 0 radical (unpaired) electrons. The number of anilines is 1. The number of alkyl halides is 3. The van der Waals surface area contributed by atoms with E-state index in [0.29, 0.717) is 34.2 Å². The lowest BCUT2D eigenvalue weighted by molar-refractivity contribution is -0.140. The van der Waals surface area contributed by atoms with Crippen molar-refractivity contribution < 1.29 is 22.7 Å². The van der Waals surface area contributed by atoms with E-state index >= 15 is 0 Å². The van der Waals surface area contributed by atoms with Gasteiger partial charge < -0.3 is 9.30 Å². The van der Waals surface area contributed by atoms with Crippen molar-refractivity contribution in [3.8, 4) is 28.7 Å². The van der Waals surface area contributed by atoms with Crippen LogP contribution < -0.4 is 9.64 Å². The highest BCUT2D eigenvalue weighted by Crippen LogP contribution is 2.33. The van der Waals surface area contributed by atoms with E-state index in [-0.39, 0.29) is 24.7 Å². The maximum absolute atomic E-state index is 13.0. The van der Waals surface area contributed by atoms with Crippen molar-refractivity contribution in [2.75, 3.05) is 12.0 Å². The topological polar surface area (TPSA) is 86.0 Å². The van der Waals surface area contributed by atoms with Crippen molar-refractivity contribution in [1.82, 2.24) is 24.5 Å². The molecule has 11 heteroatoms. The van der Waals surface area contributed by atoms with E-state index in [9.17, 15) is 18.0 Å². The van der Waals surface area contributed by atoms with Crippen LogP contribution in [0.4, 0.5) is 19.0 Å². The Hall–Kier alpha value is -4.28. The highest BCUT2D eigenvalue weighted by Gasteiger charge is 2.34. The fourth-order valence-corrected chi connectivity index (χ4v) is 3.96. The van der Waals surface area contributed by atoms with Gasteiger partial charge in [0.05, 0.1) is 25.6 Å². The van der Waals surface area contributed by atoms with Gasteiger partial charge in [0.1, 0.15) is 11.6 Å². The first kappa shape index (κ1) is 22.5. The van der Waals surface area contributed by atoms with Crippen LogP contribution in [-0.4, -0.2) is 37.5 Å². The Bertz CT molecular complexity index is 1420. The zero-order chi connectivity index (χ0) is 24.7. The summed E-state index contributed by atoms with van der Waals surface area (Å²) in [6.45, 7) is 0.251. The number of benzene rings is 1. The van der Waals surface area contributed by atoms with Crippen LogP contribution in [0.25, 0.3) is 22.8 Å². The zero-order valence-corrected chi connectivity index (χ0v) is 18.7. The van der Waals surface area contributed by atoms with Crippen LogP contribution in [0.1, 0.15) is 16.8 Å². The van der Waals surface area contributed by atoms with Gasteiger partial charge in [-0.05, 0) is 17.7 Å². The average Bonchev–Trinajstić information content (AvgIpc) is 3.39.